The quantitative estimate of drug-likeness (QED) is 0.100. The van der Waals surface area contributed by atoms with Gasteiger partial charge < -0.3 is 43.4 Å². The number of carbonyl (C=O) groups excluding carboxylic acids is 4. The Hall–Kier alpha value is -3.26. The van der Waals surface area contributed by atoms with Crippen molar-refractivity contribution in [1.29, 1.82) is 0 Å². The molecule has 3 unspecified atom stereocenters. The zero-order valence-electron chi connectivity index (χ0n) is 17.7. The highest BCUT2D eigenvalue weighted by atomic mass is 16.4. The molecule has 0 aliphatic rings. The number of aliphatic carboxylic acids is 2. The van der Waals surface area contributed by atoms with Crippen LogP contribution < -0.4 is 33.2 Å². The monoisotopic (exact) mass is 460 g/mol. The largest absolute Gasteiger partial charge is 0.481 e. The molecule has 0 aromatic rings. The molecule has 0 saturated heterocycles. The van der Waals surface area contributed by atoms with Crippen LogP contribution >= 0.6 is 0 Å². The molecule has 0 fully saturated rings. The fourth-order valence-corrected chi connectivity index (χ4v) is 2.53. The molecular weight excluding hydrogens is 428 g/mol. The second kappa shape index (κ2) is 15.5. The second-order valence-electron chi connectivity index (χ2n) is 7.07. The van der Waals surface area contributed by atoms with Gasteiger partial charge in [-0.25, -0.2) is 4.79 Å². The molecule has 14 heteroatoms. The van der Waals surface area contributed by atoms with Gasteiger partial charge in [0.25, 0.3) is 0 Å². The van der Waals surface area contributed by atoms with Crippen LogP contribution in [0.15, 0.2) is 0 Å². The summed E-state index contributed by atoms with van der Waals surface area (Å²) in [7, 11) is 0. The first kappa shape index (κ1) is 28.7. The van der Waals surface area contributed by atoms with Crippen molar-refractivity contribution < 1.29 is 39.0 Å². The summed E-state index contributed by atoms with van der Waals surface area (Å²) in [6, 6.07) is -3.62. The van der Waals surface area contributed by atoms with Crippen molar-refractivity contribution in [2.45, 2.75) is 63.1 Å². The minimum atomic E-state index is -1.45. The molecule has 0 aliphatic carbocycles. The van der Waals surface area contributed by atoms with E-state index in [-0.39, 0.29) is 25.7 Å². The average Bonchev–Trinajstić information content (AvgIpc) is 2.71. The van der Waals surface area contributed by atoms with E-state index in [1.165, 1.54) is 0 Å². The van der Waals surface area contributed by atoms with Gasteiger partial charge in [0.1, 0.15) is 12.1 Å². The Morgan fingerprint density at radius 3 is 2.00 bits per heavy atom. The van der Waals surface area contributed by atoms with Crippen molar-refractivity contribution in [2.75, 3.05) is 13.1 Å². The van der Waals surface area contributed by atoms with Gasteiger partial charge in [-0.05, 0) is 38.6 Å². The highest BCUT2D eigenvalue weighted by Gasteiger charge is 2.27. The van der Waals surface area contributed by atoms with Crippen LogP contribution in [0.2, 0.25) is 0 Å². The fourth-order valence-electron chi connectivity index (χ4n) is 2.53. The molecular formula is C18H32N6O8. The van der Waals surface area contributed by atoms with Gasteiger partial charge in [0.15, 0.2) is 0 Å². The van der Waals surface area contributed by atoms with E-state index in [4.69, 9.17) is 22.3 Å². The van der Waals surface area contributed by atoms with Crippen LogP contribution in [-0.4, -0.2) is 77.0 Å². The lowest BCUT2D eigenvalue weighted by atomic mass is 10.1. The van der Waals surface area contributed by atoms with Gasteiger partial charge in [-0.1, -0.05) is 0 Å². The van der Waals surface area contributed by atoms with E-state index in [1.807, 2.05) is 0 Å². The predicted octanol–water partition coefficient (Wildman–Crippen LogP) is -3.26. The molecule has 0 aliphatic heterocycles. The van der Waals surface area contributed by atoms with Gasteiger partial charge in [0.2, 0.25) is 23.6 Å². The number of nitrogens with two attached hydrogens (primary N) is 3. The summed E-state index contributed by atoms with van der Waals surface area (Å²) < 4.78 is 0. The number of carboxylic acids is 2. The molecule has 182 valence electrons. The molecule has 0 spiro atoms. The molecule has 0 heterocycles. The number of nitrogens with one attached hydrogen (secondary N) is 3. The maximum atomic E-state index is 12.5. The highest BCUT2D eigenvalue weighted by Crippen LogP contribution is 2.04. The van der Waals surface area contributed by atoms with Crippen LogP contribution in [0.4, 0.5) is 0 Å². The maximum Gasteiger partial charge on any atom is 0.326 e. The summed E-state index contributed by atoms with van der Waals surface area (Å²) in [6.07, 6.45) is 0.240. The number of primary amides is 1. The summed E-state index contributed by atoms with van der Waals surface area (Å²) >= 11 is 0. The Bertz CT molecular complexity index is 686. The number of hydrogen-bond donors (Lipinski definition) is 8. The van der Waals surface area contributed by atoms with Crippen molar-refractivity contribution in [3.05, 3.63) is 0 Å². The summed E-state index contributed by atoms with van der Waals surface area (Å²) in [5.74, 6) is -5.49. The molecule has 4 amide bonds. The van der Waals surface area contributed by atoms with Gasteiger partial charge >= 0.3 is 11.9 Å². The zero-order valence-corrected chi connectivity index (χ0v) is 17.7. The molecule has 14 nitrogen and oxygen atoms in total. The lowest BCUT2D eigenvalue weighted by Gasteiger charge is -2.21. The van der Waals surface area contributed by atoms with Crippen molar-refractivity contribution >= 4 is 35.6 Å². The molecule has 0 radical (unpaired) electrons. The summed E-state index contributed by atoms with van der Waals surface area (Å²) in [4.78, 5) is 69.3. The van der Waals surface area contributed by atoms with E-state index in [0.29, 0.717) is 19.4 Å². The van der Waals surface area contributed by atoms with Crippen molar-refractivity contribution in [2.24, 2.45) is 17.2 Å². The van der Waals surface area contributed by atoms with E-state index >= 15 is 0 Å². The Balaban J connectivity index is 4.90. The Labute approximate surface area is 184 Å². The van der Waals surface area contributed by atoms with E-state index in [9.17, 15) is 33.9 Å². The molecule has 0 aromatic carbocycles. The molecule has 0 rings (SSSR count). The third kappa shape index (κ3) is 13.1. The predicted molar refractivity (Wildman–Crippen MR) is 111 cm³/mol. The third-order valence-corrected chi connectivity index (χ3v) is 4.32. The van der Waals surface area contributed by atoms with Crippen LogP contribution in [0.5, 0.6) is 0 Å². The van der Waals surface area contributed by atoms with E-state index in [1.54, 1.807) is 0 Å². The zero-order chi connectivity index (χ0) is 24.7. The van der Waals surface area contributed by atoms with Crippen LogP contribution in [0.3, 0.4) is 0 Å². The van der Waals surface area contributed by atoms with Crippen LogP contribution in [0.25, 0.3) is 0 Å². The lowest BCUT2D eigenvalue weighted by molar-refractivity contribution is -0.143. The van der Waals surface area contributed by atoms with E-state index < -0.39 is 66.7 Å². The number of carboxylic acid groups (broad SMARTS) is 2. The second-order valence-corrected chi connectivity index (χ2v) is 7.07. The number of unbranched alkanes of at least 4 members (excludes halogenated alkanes) is 1. The standard InChI is InChI=1S/C18H32N6O8/c19-8-2-1-3-11(17(30)24-12(18(31)32)5-7-15(27)28)23-14(26)9-22-16(29)10(20)4-6-13(21)25/h10-12H,1-9,19-20H2,(H2,21,25)(H,22,29)(H,23,26)(H,24,30)(H,27,28)(H,31,32). The first-order valence-electron chi connectivity index (χ1n) is 10.0. The van der Waals surface area contributed by atoms with Crippen LogP contribution in [0, 0.1) is 0 Å². The smallest absolute Gasteiger partial charge is 0.326 e. The Morgan fingerprint density at radius 1 is 0.812 bits per heavy atom. The van der Waals surface area contributed by atoms with E-state index in [0.717, 1.165) is 0 Å². The molecule has 3 atom stereocenters. The van der Waals surface area contributed by atoms with Gasteiger partial charge in [0, 0.05) is 12.8 Å². The number of carbonyl (C=O) groups is 6. The Kier molecular flexibility index (Phi) is 13.9. The molecule has 0 bridgehead atoms. The van der Waals surface area contributed by atoms with Crippen molar-refractivity contribution in [1.82, 2.24) is 16.0 Å². The van der Waals surface area contributed by atoms with Crippen molar-refractivity contribution in [3.63, 3.8) is 0 Å². The van der Waals surface area contributed by atoms with Crippen LogP contribution in [-0.2, 0) is 28.8 Å². The molecule has 0 aromatic heterocycles. The van der Waals surface area contributed by atoms with Gasteiger partial charge in [-0.3, -0.25) is 24.0 Å². The Morgan fingerprint density at radius 2 is 1.47 bits per heavy atom. The maximum absolute atomic E-state index is 12.5. The number of rotatable bonds is 17. The first-order valence-corrected chi connectivity index (χ1v) is 10.0. The molecule has 0 saturated carbocycles. The van der Waals surface area contributed by atoms with E-state index in [2.05, 4.69) is 16.0 Å². The van der Waals surface area contributed by atoms with Crippen LogP contribution in [0.1, 0.15) is 44.9 Å². The minimum absolute atomic E-state index is 0.000174. The lowest BCUT2D eigenvalue weighted by Crippen LogP contribution is -2.53. The summed E-state index contributed by atoms with van der Waals surface area (Å²) in [6.45, 7) is -0.164. The van der Waals surface area contributed by atoms with Crippen molar-refractivity contribution in [3.8, 4) is 0 Å². The van der Waals surface area contributed by atoms with Gasteiger partial charge in [-0.2, -0.15) is 0 Å². The average molecular weight is 460 g/mol. The van der Waals surface area contributed by atoms with Gasteiger partial charge in [-0.15, -0.1) is 0 Å². The number of amides is 4. The SMILES string of the molecule is NCCCCC(NC(=O)CNC(=O)C(N)CCC(N)=O)C(=O)NC(CCC(=O)O)C(=O)O. The molecule has 11 N–H and O–H groups in total. The summed E-state index contributed by atoms with van der Waals surface area (Å²) in [5, 5.41) is 24.8. The third-order valence-electron chi connectivity index (χ3n) is 4.32. The minimum Gasteiger partial charge on any atom is -0.481 e. The summed E-state index contributed by atoms with van der Waals surface area (Å²) in [5.41, 5.74) is 16.0. The first-order chi connectivity index (χ1) is 15.0. The highest BCUT2D eigenvalue weighted by molar-refractivity contribution is 5.92. The van der Waals surface area contributed by atoms with Gasteiger partial charge in [0.05, 0.1) is 12.6 Å². The topological polar surface area (TPSA) is 257 Å². The normalized spacial score (nSPS) is 13.3. The molecule has 32 heavy (non-hydrogen) atoms. The fraction of sp³-hybridized carbons (Fsp3) is 0.667. The number of hydrogen-bond acceptors (Lipinski definition) is 8.